The van der Waals surface area contributed by atoms with Gasteiger partial charge in [-0.25, -0.2) is 4.57 Å². The third-order valence-corrected chi connectivity index (χ3v) is 6.77. The van der Waals surface area contributed by atoms with E-state index in [-0.39, 0.29) is 13.0 Å². The number of carbonyl (C=O) groups is 2. The second-order valence-electron chi connectivity index (χ2n) is 9.51. The van der Waals surface area contributed by atoms with E-state index in [4.69, 9.17) is 19.1 Å². The van der Waals surface area contributed by atoms with Gasteiger partial charge in [0.05, 0.1) is 19.8 Å². The van der Waals surface area contributed by atoms with Crippen LogP contribution in [0, 0.1) is 0 Å². The lowest BCUT2D eigenvalue weighted by molar-refractivity contribution is -0.160. The van der Waals surface area contributed by atoms with E-state index in [1.807, 2.05) is 0 Å². The molecule has 37 heavy (non-hydrogen) atoms. The number of carbonyl (C=O) groups excluding carboxylic acids is 2. The van der Waals surface area contributed by atoms with Crippen LogP contribution in [-0.2, 0) is 32.7 Å². The minimum Gasteiger partial charge on any atom is -0.462 e. The molecule has 0 aromatic rings. The molecule has 3 N–H and O–H groups in total. The van der Waals surface area contributed by atoms with Gasteiger partial charge in [0, 0.05) is 13.3 Å². The molecule has 0 aliphatic heterocycles. The van der Waals surface area contributed by atoms with Crippen molar-refractivity contribution < 1.29 is 47.8 Å². The van der Waals surface area contributed by atoms with Gasteiger partial charge in [-0.2, -0.15) is 0 Å². The lowest BCUT2D eigenvalue weighted by atomic mass is 10.0. The number of phosphoric acid groups is 1. The molecule has 11 heteroatoms. The van der Waals surface area contributed by atoms with Gasteiger partial charge < -0.3 is 24.6 Å². The zero-order valence-electron chi connectivity index (χ0n) is 22.9. The second-order valence-corrected chi connectivity index (χ2v) is 11.0. The van der Waals surface area contributed by atoms with Crippen molar-refractivity contribution in [1.82, 2.24) is 0 Å². The smallest absolute Gasteiger partial charge is 0.462 e. The minimum atomic E-state index is -4.56. The van der Waals surface area contributed by atoms with E-state index < -0.39 is 51.8 Å². The molecule has 0 spiro atoms. The lowest BCUT2D eigenvalue weighted by Crippen LogP contribution is -2.29. The number of rotatable bonds is 26. The fraction of sp³-hybridized carbons (Fsp3) is 0.923. The van der Waals surface area contributed by atoms with Gasteiger partial charge in [-0.05, 0) is 6.42 Å². The number of unbranched alkanes of at least 4 members (excludes halogenated alkanes) is 14. The third kappa shape index (κ3) is 25.0. The fourth-order valence-electron chi connectivity index (χ4n) is 3.66. The predicted octanol–water partition coefficient (Wildman–Crippen LogP) is 5.21. The maximum absolute atomic E-state index is 12.2. The second kappa shape index (κ2) is 24.0. The number of ether oxygens (including phenoxy) is 2. The average molecular weight is 555 g/mol. The molecule has 0 aliphatic rings. The molecule has 0 radical (unpaired) electrons. The highest BCUT2D eigenvalue weighted by atomic mass is 31.2. The Labute approximate surface area is 223 Å². The summed E-state index contributed by atoms with van der Waals surface area (Å²) in [5.74, 6) is -1.11. The average Bonchev–Trinajstić information content (AvgIpc) is 2.86. The molecule has 0 fully saturated rings. The Bertz CT molecular complexity index is 616. The molecule has 0 aromatic carbocycles. The molecule has 0 bridgehead atoms. The van der Waals surface area contributed by atoms with Crippen molar-refractivity contribution in [2.75, 3.05) is 26.4 Å². The number of esters is 2. The Morgan fingerprint density at radius 2 is 1.22 bits per heavy atom. The summed E-state index contributed by atoms with van der Waals surface area (Å²) in [7, 11) is -4.56. The molecule has 0 saturated heterocycles. The standard InChI is InChI=1S/C26H51O10P/c1-3-4-5-6-7-8-9-10-11-12-13-14-15-16-17-18-26(30)36-25(21-33-23(2)28)22-35-37(31,32)34-20-24(29)19-27/h24-25,27,29H,3-22H2,1-2H3,(H,31,32). The molecular formula is C26H51O10P. The maximum atomic E-state index is 12.2. The first kappa shape index (κ1) is 36.0. The topological polar surface area (TPSA) is 149 Å². The summed E-state index contributed by atoms with van der Waals surface area (Å²) >= 11 is 0. The molecule has 0 aromatic heterocycles. The van der Waals surface area contributed by atoms with E-state index in [2.05, 4.69) is 11.4 Å². The van der Waals surface area contributed by atoms with Crippen LogP contribution >= 0.6 is 7.82 Å². The first-order chi connectivity index (χ1) is 17.7. The van der Waals surface area contributed by atoms with Crippen LogP contribution in [0.2, 0.25) is 0 Å². The van der Waals surface area contributed by atoms with Crippen molar-refractivity contribution >= 4 is 19.8 Å². The zero-order chi connectivity index (χ0) is 27.8. The van der Waals surface area contributed by atoms with Crippen LogP contribution in [0.15, 0.2) is 0 Å². The molecular weight excluding hydrogens is 503 g/mol. The summed E-state index contributed by atoms with van der Waals surface area (Å²) in [6.45, 7) is 1.29. The molecule has 0 aliphatic carbocycles. The Balaban J connectivity index is 3.95. The van der Waals surface area contributed by atoms with Crippen LogP contribution in [0.5, 0.6) is 0 Å². The highest BCUT2D eigenvalue weighted by Gasteiger charge is 2.26. The van der Waals surface area contributed by atoms with Gasteiger partial charge in [0.2, 0.25) is 0 Å². The van der Waals surface area contributed by atoms with Crippen LogP contribution in [0.4, 0.5) is 0 Å². The Morgan fingerprint density at radius 1 is 0.757 bits per heavy atom. The van der Waals surface area contributed by atoms with E-state index in [9.17, 15) is 24.2 Å². The molecule has 0 amide bonds. The molecule has 0 heterocycles. The number of phosphoric ester groups is 1. The third-order valence-electron chi connectivity index (χ3n) is 5.82. The van der Waals surface area contributed by atoms with E-state index in [0.717, 1.165) is 19.3 Å². The molecule has 0 saturated carbocycles. The van der Waals surface area contributed by atoms with Gasteiger partial charge >= 0.3 is 19.8 Å². The van der Waals surface area contributed by atoms with Gasteiger partial charge in [-0.3, -0.25) is 18.6 Å². The molecule has 3 unspecified atom stereocenters. The lowest BCUT2D eigenvalue weighted by Gasteiger charge is -2.20. The summed E-state index contributed by atoms with van der Waals surface area (Å²) in [6, 6.07) is 0. The van der Waals surface area contributed by atoms with Gasteiger partial charge in [-0.1, -0.05) is 96.8 Å². The predicted molar refractivity (Wildman–Crippen MR) is 141 cm³/mol. The SMILES string of the molecule is CCCCCCCCCCCCCCCCCC(=O)OC(COC(C)=O)COP(=O)(O)OCC(O)CO. The summed E-state index contributed by atoms with van der Waals surface area (Å²) in [5.41, 5.74) is 0. The van der Waals surface area contributed by atoms with Crippen molar-refractivity contribution in [3.63, 3.8) is 0 Å². The maximum Gasteiger partial charge on any atom is 0.472 e. The largest absolute Gasteiger partial charge is 0.472 e. The van der Waals surface area contributed by atoms with E-state index in [1.54, 1.807) is 0 Å². The first-order valence-electron chi connectivity index (χ1n) is 13.9. The summed E-state index contributed by atoms with van der Waals surface area (Å²) < 4.78 is 31.3. The molecule has 10 nitrogen and oxygen atoms in total. The van der Waals surface area contributed by atoms with E-state index in [0.29, 0.717) is 6.42 Å². The van der Waals surface area contributed by atoms with Crippen molar-refractivity contribution in [3.05, 3.63) is 0 Å². The van der Waals surface area contributed by atoms with Crippen LogP contribution in [-0.4, -0.2) is 65.7 Å². The first-order valence-corrected chi connectivity index (χ1v) is 15.4. The van der Waals surface area contributed by atoms with E-state index in [1.165, 1.54) is 77.6 Å². The summed E-state index contributed by atoms with van der Waals surface area (Å²) in [4.78, 5) is 32.9. The highest BCUT2D eigenvalue weighted by molar-refractivity contribution is 7.47. The monoisotopic (exact) mass is 554 g/mol. The summed E-state index contributed by atoms with van der Waals surface area (Å²) in [5, 5.41) is 17.9. The summed E-state index contributed by atoms with van der Waals surface area (Å²) in [6.07, 6.45) is 16.1. The van der Waals surface area contributed by atoms with E-state index >= 15 is 0 Å². The number of aliphatic hydroxyl groups is 2. The number of hydrogen-bond donors (Lipinski definition) is 3. The highest BCUT2D eigenvalue weighted by Crippen LogP contribution is 2.43. The normalized spacial score (nSPS) is 14.6. The van der Waals surface area contributed by atoms with Crippen LogP contribution in [0.1, 0.15) is 117 Å². The minimum absolute atomic E-state index is 0.185. The Morgan fingerprint density at radius 3 is 1.68 bits per heavy atom. The number of hydrogen-bond acceptors (Lipinski definition) is 9. The number of aliphatic hydroxyl groups excluding tert-OH is 2. The van der Waals surface area contributed by atoms with Gasteiger partial charge in [0.15, 0.2) is 6.10 Å². The Hall–Kier alpha value is -1.03. The van der Waals surface area contributed by atoms with Crippen molar-refractivity contribution in [3.8, 4) is 0 Å². The van der Waals surface area contributed by atoms with Crippen molar-refractivity contribution in [2.24, 2.45) is 0 Å². The molecule has 3 atom stereocenters. The quantitative estimate of drug-likeness (QED) is 0.0739. The van der Waals surface area contributed by atoms with Gasteiger partial charge in [-0.15, -0.1) is 0 Å². The van der Waals surface area contributed by atoms with Crippen LogP contribution in [0.25, 0.3) is 0 Å². The van der Waals surface area contributed by atoms with Crippen molar-refractivity contribution in [2.45, 2.75) is 129 Å². The van der Waals surface area contributed by atoms with Gasteiger partial charge in [0.1, 0.15) is 12.7 Å². The zero-order valence-corrected chi connectivity index (χ0v) is 23.8. The van der Waals surface area contributed by atoms with Gasteiger partial charge in [0.25, 0.3) is 0 Å². The molecule has 220 valence electrons. The van der Waals surface area contributed by atoms with Crippen LogP contribution < -0.4 is 0 Å². The van der Waals surface area contributed by atoms with Crippen molar-refractivity contribution in [1.29, 1.82) is 0 Å². The fourth-order valence-corrected chi connectivity index (χ4v) is 4.45. The van der Waals surface area contributed by atoms with Crippen LogP contribution in [0.3, 0.4) is 0 Å². The molecule has 0 rings (SSSR count). The Kier molecular flexibility index (Phi) is 23.4.